The van der Waals surface area contributed by atoms with Gasteiger partial charge in [0, 0.05) is 19.3 Å². The predicted molar refractivity (Wildman–Crippen MR) is 123 cm³/mol. The minimum atomic E-state index is -1.05. The third kappa shape index (κ3) is 4.42. The fourth-order valence-electron chi connectivity index (χ4n) is 5.11. The Kier molecular flexibility index (Phi) is 5.65. The summed E-state index contributed by atoms with van der Waals surface area (Å²) in [6, 6.07) is 5.68. The maximum absolute atomic E-state index is 14.4. The molecule has 2 aromatic heterocycles. The van der Waals surface area contributed by atoms with Gasteiger partial charge in [-0.1, -0.05) is 6.07 Å². The summed E-state index contributed by atoms with van der Waals surface area (Å²) in [4.78, 5) is 18.6. The highest BCUT2D eigenvalue weighted by Gasteiger charge is 2.44. The van der Waals surface area contributed by atoms with Gasteiger partial charge in [-0.05, 0) is 85.6 Å². The molecule has 1 aliphatic carbocycles. The van der Waals surface area contributed by atoms with Crippen molar-refractivity contribution in [2.24, 2.45) is 11.8 Å². The molecule has 3 aromatic rings. The molecule has 1 aromatic carbocycles. The molecule has 0 radical (unpaired) electrons. The number of hydrogen-bond acceptors (Lipinski definition) is 7. The number of amides is 1. The van der Waals surface area contributed by atoms with Gasteiger partial charge in [-0.2, -0.15) is 4.68 Å². The lowest BCUT2D eigenvalue weighted by Gasteiger charge is -2.25. The molecule has 3 atom stereocenters. The zero-order chi connectivity index (χ0) is 24.9. The van der Waals surface area contributed by atoms with Gasteiger partial charge < -0.3 is 15.4 Å². The molecule has 1 amide bonds. The number of rotatable bonds is 3. The zero-order valence-corrected chi connectivity index (χ0v) is 19.8. The predicted octanol–water partition coefficient (Wildman–Crippen LogP) is 3.95. The molecule has 0 bridgehead atoms. The van der Waals surface area contributed by atoms with E-state index in [1.54, 1.807) is 11.1 Å². The quantitative estimate of drug-likeness (QED) is 0.600. The molecule has 2 unspecified atom stereocenters. The molecule has 184 valence electrons. The van der Waals surface area contributed by atoms with Crippen LogP contribution in [0.1, 0.15) is 45.1 Å². The molecule has 2 aliphatic rings. The van der Waals surface area contributed by atoms with Crippen molar-refractivity contribution in [2.45, 2.75) is 45.1 Å². The number of tetrazole rings is 1. The van der Waals surface area contributed by atoms with E-state index in [-0.39, 0.29) is 29.3 Å². The molecule has 11 heteroatoms. The molecule has 2 N–H and O–H groups in total. The number of pyridine rings is 1. The summed E-state index contributed by atoms with van der Waals surface area (Å²) in [7, 11) is 0. The first-order valence-electron chi connectivity index (χ1n) is 11.6. The number of likely N-dealkylation sites (tertiary alicyclic amines) is 1. The topological polar surface area (TPSA) is 112 Å². The van der Waals surface area contributed by atoms with Crippen LogP contribution in [0.3, 0.4) is 0 Å². The van der Waals surface area contributed by atoms with Gasteiger partial charge in [0.15, 0.2) is 17.5 Å². The number of hydrogen-bond donors (Lipinski definition) is 1. The Morgan fingerprint density at radius 1 is 1.17 bits per heavy atom. The van der Waals surface area contributed by atoms with Gasteiger partial charge in [0.1, 0.15) is 17.1 Å². The second-order valence-corrected chi connectivity index (χ2v) is 10.3. The van der Waals surface area contributed by atoms with Gasteiger partial charge in [0.05, 0.1) is 5.56 Å². The first-order chi connectivity index (χ1) is 16.6. The molecule has 35 heavy (non-hydrogen) atoms. The minimum Gasteiger partial charge on any atom is -0.444 e. The summed E-state index contributed by atoms with van der Waals surface area (Å²) in [6.45, 7) is 6.93. The number of halogens is 2. The Bertz CT molecular complexity index is 1260. The molecular formula is C24H27F2N7O2. The first kappa shape index (κ1) is 23.1. The van der Waals surface area contributed by atoms with E-state index in [0.717, 1.165) is 29.2 Å². The van der Waals surface area contributed by atoms with Gasteiger partial charge in [0.25, 0.3) is 0 Å². The second kappa shape index (κ2) is 8.54. The molecule has 1 saturated heterocycles. The highest BCUT2D eigenvalue weighted by Crippen LogP contribution is 2.47. The van der Waals surface area contributed by atoms with Gasteiger partial charge in [-0.25, -0.2) is 18.6 Å². The van der Waals surface area contributed by atoms with Crippen LogP contribution in [0.4, 0.5) is 19.4 Å². The standard InChI is InChI=1S/C24H27F2N7O2/c1-24(2,3)35-23(34)32-11-15-7-13(8-16(15)12-32)14-9-17(21(27)28-10-14)22-29-30-31-33(22)19-6-4-5-18(25)20(19)26/h4-6,9-10,13,15-16H,7-8,11-12H2,1-3H3,(H2,27,28)/t13?,15-,16?/m1/s1. The van der Waals surface area contributed by atoms with E-state index in [4.69, 9.17) is 10.5 Å². The lowest BCUT2D eigenvalue weighted by Crippen LogP contribution is -2.36. The van der Waals surface area contributed by atoms with E-state index in [1.807, 2.05) is 26.8 Å². The average Bonchev–Trinajstić information content (AvgIpc) is 3.50. The highest BCUT2D eigenvalue weighted by atomic mass is 19.2. The number of nitrogens with two attached hydrogens (primary N) is 1. The van der Waals surface area contributed by atoms with Crippen molar-refractivity contribution in [3.63, 3.8) is 0 Å². The third-order valence-corrected chi connectivity index (χ3v) is 6.68. The second-order valence-electron chi connectivity index (χ2n) is 10.3. The Morgan fingerprint density at radius 2 is 1.89 bits per heavy atom. The maximum atomic E-state index is 14.4. The molecule has 3 heterocycles. The van der Waals surface area contributed by atoms with Crippen LogP contribution in [0.25, 0.3) is 17.1 Å². The van der Waals surface area contributed by atoms with E-state index >= 15 is 0 Å². The first-order valence-corrected chi connectivity index (χ1v) is 11.6. The van der Waals surface area contributed by atoms with E-state index in [2.05, 4.69) is 20.5 Å². The number of benzene rings is 1. The van der Waals surface area contributed by atoms with Crippen molar-refractivity contribution in [1.29, 1.82) is 0 Å². The number of carbonyl (C=O) groups excluding carboxylic acids is 1. The summed E-state index contributed by atoms with van der Waals surface area (Å²) in [6.07, 6.45) is 3.28. The van der Waals surface area contributed by atoms with Gasteiger partial charge >= 0.3 is 6.09 Å². The molecule has 9 nitrogen and oxygen atoms in total. The smallest absolute Gasteiger partial charge is 0.410 e. The number of nitrogen functional groups attached to an aromatic ring is 1. The van der Waals surface area contributed by atoms with Crippen LogP contribution in [0, 0.1) is 23.5 Å². The van der Waals surface area contributed by atoms with Gasteiger partial charge in [-0.3, -0.25) is 0 Å². The van der Waals surface area contributed by atoms with Crippen LogP contribution in [0.5, 0.6) is 0 Å². The monoisotopic (exact) mass is 483 g/mol. The Balaban J connectivity index is 1.36. The molecule has 1 saturated carbocycles. The summed E-state index contributed by atoms with van der Waals surface area (Å²) in [5.41, 5.74) is 6.92. The Hall–Kier alpha value is -3.63. The van der Waals surface area contributed by atoms with Crippen LogP contribution in [-0.2, 0) is 4.74 Å². The van der Waals surface area contributed by atoms with Gasteiger partial charge in [-0.15, -0.1) is 5.10 Å². The number of nitrogens with zero attached hydrogens (tertiary/aromatic N) is 6. The SMILES string of the molecule is CC(C)(C)OC(=O)N1CC2CC(c3cnc(N)c(-c4nnnn4-c4cccc(F)c4F)c3)C[C@@H]2C1. The van der Waals surface area contributed by atoms with Crippen LogP contribution < -0.4 is 5.73 Å². The van der Waals surface area contributed by atoms with Crippen molar-refractivity contribution in [2.75, 3.05) is 18.8 Å². The Morgan fingerprint density at radius 3 is 2.57 bits per heavy atom. The maximum Gasteiger partial charge on any atom is 0.410 e. The van der Waals surface area contributed by atoms with E-state index in [9.17, 15) is 13.6 Å². The Labute approximate surface area is 201 Å². The van der Waals surface area contributed by atoms with Crippen LogP contribution >= 0.6 is 0 Å². The third-order valence-electron chi connectivity index (χ3n) is 6.68. The molecule has 1 aliphatic heterocycles. The van der Waals surface area contributed by atoms with Crippen molar-refractivity contribution in [3.05, 3.63) is 47.7 Å². The summed E-state index contributed by atoms with van der Waals surface area (Å²) in [5.74, 6) is -0.705. The average molecular weight is 484 g/mol. The van der Waals surface area contributed by atoms with E-state index in [0.29, 0.717) is 30.5 Å². The van der Waals surface area contributed by atoms with Crippen LogP contribution in [0.15, 0.2) is 30.5 Å². The van der Waals surface area contributed by atoms with E-state index < -0.39 is 17.2 Å². The summed E-state index contributed by atoms with van der Waals surface area (Å²) in [5, 5.41) is 11.5. The number of anilines is 1. The highest BCUT2D eigenvalue weighted by molar-refractivity contribution is 5.70. The summed E-state index contributed by atoms with van der Waals surface area (Å²) >= 11 is 0. The van der Waals surface area contributed by atoms with Crippen molar-refractivity contribution in [3.8, 4) is 17.1 Å². The molecule has 0 spiro atoms. The normalized spacial score (nSPS) is 21.9. The van der Waals surface area contributed by atoms with Crippen molar-refractivity contribution >= 4 is 11.9 Å². The minimum absolute atomic E-state index is 0.118. The largest absolute Gasteiger partial charge is 0.444 e. The number of ether oxygens (including phenoxy) is 1. The van der Waals surface area contributed by atoms with Crippen molar-refractivity contribution in [1.82, 2.24) is 30.1 Å². The fraction of sp³-hybridized carbons (Fsp3) is 0.458. The summed E-state index contributed by atoms with van der Waals surface area (Å²) < 4.78 is 34.9. The lowest BCUT2D eigenvalue weighted by molar-refractivity contribution is 0.0279. The van der Waals surface area contributed by atoms with E-state index in [1.165, 1.54) is 12.1 Å². The van der Waals surface area contributed by atoms with Gasteiger partial charge in [0.2, 0.25) is 0 Å². The lowest BCUT2D eigenvalue weighted by atomic mass is 9.96. The number of fused-ring (bicyclic) bond motifs is 1. The number of aromatic nitrogens is 5. The molecule has 5 rings (SSSR count). The molecular weight excluding hydrogens is 456 g/mol. The van der Waals surface area contributed by atoms with Crippen molar-refractivity contribution < 1.29 is 18.3 Å². The number of carbonyl (C=O) groups is 1. The molecule has 2 fully saturated rings. The zero-order valence-electron chi connectivity index (χ0n) is 19.8. The van der Waals surface area contributed by atoms with Crippen LogP contribution in [0.2, 0.25) is 0 Å². The fourth-order valence-corrected chi connectivity index (χ4v) is 5.11. The van der Waals surface area contributed by atoms with Crippen LogP contribution in [-0.4, -0.2) is 54.9 Å².